The maximum atomic E-state index is 12.1. The number of carboxylic acids is 1. The quantitative estimate of drug-likeness (QED) is 0.588. The molecule has 1 aromatic heterocycles. The molecule has 0 radical (unpaired) electrons. The Labute approximate surface area is 155 Å². The van der Waals surface area contributed by atoms with Crippen LogP contribution < -0.4 is 5.32 Å². The van der Waals surface area contributed by atoms with Crippen LogP contribution >= 0.6 is 0 Å². The zero-order valence-corrected chi connectivity index (χ0v) is 14.3. The first-order valence-electron chi connectivity index (χ1n) is 8.33. The average molecular weight is 359 g/mol. The molecule has 6 heteroatoms. The Hall–Kier alpha value is -3.85. The van der Waals surface area contributed by atoms with Crippen LogP contribution in [0.5, 0.6) is 0 Å². The Morgan fingerprint density at radius 2 is 1.93 bits per heavy atom. The molecule has 2 aromatic carbocycles. The topological polar surface area (TPSA) is 106 Å². The van der Waals surface area contributed by atoms with Gasteiger partial charge in [-0.2, -0.15) is 5.26 Å². The van der Waals surface area contributed by atoms with Crippen LogP contribution in [0.15, 0.2) is 60.8 Å². The molecular formula is C21H17N3O3. The number of hydrogen-bond acceptors (Lipinski definition) is 3. The van der Waals surface area contributed by atoms with E-state index in [1.165, 1.54) is 6.08 Å². The molecule has 0 fully saturated rings. The highest BCUT2D eigenvalue weighted by Gasteiger charge is 2.21. The largest absolute Gasteiger partial charge is 0.480 e. The van der Waals surface area contributed by atoms with Gasteiger partial charge >= 0.3 is 5.97 Å². The molecule has 3 N–H and O–H groups in total. The first-order chi connectivity index (χ1) is 13.1. The van der Waals surface area contributed by atoms with Gasteiger partial charge in [-0.05, 0) is 35.4 Å². The van der Waals surface area contributed by atoms with E-state index < -0.39 is 17.9 Å². The van der Waals surface area contributed by atoms with Crippen LogP contribution in [0, 0.1) is 11.3 Å². The molecule has 0 bridgehead atoms. The zero-order valence-electron chi connectivity index (χ0n) is 14.3. The summed E-state index contributed by atoms with van der Waals surface area (Å²) in [5.74, 6) is -1.59. The number of aliphatic carboxylic acids is 1. The molecule has 27 heavy (non-hydrogen) atoms. The molecule has 0 unspecified atom stereocenters. The van der Waals surface area contributed by atoms with Crippen molar-refractivity contribution in [3.05, 3.63) is 77.5 Å². The molecule has 1 heterocycles. The number of aromatic nitrogens is 1. The highest BCUT2D eigenvalue weighted by molar-refractivity contribution is 5.94. The number of fused-ring (bicyclic) bond motifs is 1. The number of para-hydroxylation sites is 1. The van der Waals surface area contributed by atoms with Gasteiger partial charge in [0.15, 0.2) is 0 Å². The summed E-state index contributed by atoms with van der Waals surface area (Å²) >= 11 is 0. The smallest absolute Gasteiger partial charge is 0.326 e. The third-order valence-corrected chi connectivity index (χ3v) is 4.18. The summed E-state index contributed by atoms with van der Waals surface area (Å²) in [4.78, 5) is 26.8. The number of hydrogen-bond donors (Lipinski definition) is 3. The van der Waals surface area contributed by atoms with Crippen LogP contribution in [0.25, 0.3) is 17.0 Å². The second kappa shape index (κ2) is 8.02. The molecular weight excluding hydrogens is 342 g/mol. The van der Waals surface area contributed by atoms with E-state index >= 15 is 0 Å². The number of nitrogens with one attached hydrogen (secondary N) is 2. The first kappa shape index (κ1) is 18.0. The fourth-order valence-electron chi connectivity index (χ4n) is 2.78. The number of carbonyl (C=O) groups excluding carboxylic acids is 1. The van der Waals surface area contributed by atoms with Gasteiger partial charge in [-0.15, -0.1) is 0 Å². The van der Waals surface area contributed by atoms with E-state index in [9.17, 15) is 14.7 Å². The predicted octanol–water partition coefficient (Wildman–Crippen LogP) is 2.86. The van der Waals surface area contributed by atoms with Gasteiger partial charge in [0.05, 0.1) is 11.6 Å². The molecule has 0 saturated carbocycles. The Morgan fingerprint density at radius 3 is 2.63 bits per heavy atom. The monoisotopic (exact) mass is 359 g/mol. The first-order valence-corrected chi connectivity index (χ1v) is 8.33. The number of aromatic amines is 1. The standard InChI is InChI=1S/C21H17N3O3/c22-12-15-7-5-14(6-8-15)9-10-20(25)24-19(21(26)27)11-16-13-23-18-4-2-1-3-17(16)18/h1-10,13,19,23H,11H2,(H,24,25)(H,26,27)/t19-/m0/s1. The number of nitriles is 1. The molecule has 0 aliphatic heterocycles. The van der Waals surface area contributed by atoms with Gasteiger partial charge in [-0.25, -0.2) is 4.79 Å². The van der Waals surface area contributed by atoms with Gasteiger partial charge in [0.1, 0.15) is 6.04 Å². The molecule has 0 spiro atoms. The molecule has 1 atom stereocenters. The van der Waals surface area contributed by atoms with Crippen molar-refractivity contribution >= 4 is 28.9 Å². The van der Waals surface area contributed by atoms with Crippen molar-refractivity contribution in [1.82, 2.24) is 10.3 Å². The summed E-state index contributed by atoms with van der Waals surface area (Å²) in [7, 11) is 0. The molecule has 3 rings (SSSR count). The summed E-state index contributed by atoms with van der Waals surface area (Å²) < 4.78 is 0. The Bertz CT molecular complexity index is 1040. The minimum absolute atomic E-state index is 0.176. The van der Waals surface area contributed by atoms with E-state index in [4.69, 9.17) is 5.26 Å². The van der Waals surface area contributed by atoms with Crippen molar-refractivity contribution in [3.63, 3.8) is 0 Å². The zero-order chi connectivity index (χ0) is 19.2. The Kier molecular flexibility index (Phi) is 5.33. The summed E-state index contributed by atoms with van der Waals surface area (Å²) in [5, 5.41) is 21.7. The normalized spacial score (nSPS) is 12.0. The second-order valence-corrected chi connectivity index (χ2v) is 6.03. The number of carboxylic acid groups (broad SMARTS) is 1. The van der Waals surface area contributed by atoms with Crippen molar-refractivity contribution in [2.24, 2.45) is 0 Å². The van der Waals surface area contributed by atoms with Gasteiger partial charge in [-0.1, -0.05) is 30.3 Å². The van der Waals surface area contributed by atoms with Crippen LogP contribution in [-0.4, -0.2) is 28.0 Å². The van der Waals surface area contributed by atoms with Gasteiger partial charge in [0.25, 0.3) is 0 Å². The van der Waals surface area contributed by atoms with E-state index in [1.807, 2.05) is 30.3 Å². The van der Waals surface area contributed by atoms with E-state index in [-0.39, 0.29) is 6.42 Å². The van der Waals surface area contributed by atoms with Crippen LogP contribution in [0.4, 0.5) is 0 Å². The number of nitrogens with zero attached hydrogens (tertiary/aromatic N) is 1. The van der Waals surface area contributed by atoms with Crippen molar-refractivity contribution < 1.29 is 14.7 Å². The Balaban J connectivity index is 1.68. The van der Waals surface area contributed by atoms with Gasteiger partial charge in [0.2, 0.25) is 5.91 Å². The lowest BCUT2D eigenvalue weighted by atomic mass is 10.0. The van der Waals surface area contributed by atoms with Gasteiger partial charge in [0, 0.05) is 29.6 Å². The van der Waals surface area contributed by atoms with Crippen LogP contribution in [0.2, 0.25) is 0 Å². The Morgan fingerprint density at radius 1 is 1.19 bits per heavy atom. The lowest BCUT2D eigenvalue weighted by Gasteiger charge is -2.12. The minimum Gasteiger partial charge on any atom is -0.480 e. The van der Waals surface area contributed by atoms with Crippen LogP contribution in [-0.2, 0) is 16.0 Å². The molecule has 1 amide bonds. The summed E-state index contributed by atoms with van der Waals surface area (Å²) in [6.45, 7) is 0. The van der Waals surface area contributed by atoms with E-state index in [1.54, 1.807) is 36.5 Å². The molecule has 134 valence electrons. The molecule has 0 saturated heterocycles. The van der Waals surface area contributed by atoms with Crippen molar-refractivity contribution in [3.8, 4) is 6.07 Å². The third kappa shape index (κ3) is 4.41. The van der Waals surface area contributed by atoms with Crippen molar-refractivity contribution in [1.29, 1.82) is 5.26 Å². The molecule has 0 aliphatic rings. The average Bonchev–Trinajstić information content (AvgIpc) is 3.09. The molecule has 6 nitrogen and oxygen atoms in total. The molecule has 3 aromatic rings. The maximum Gasteiger partial charge on any atom is 0.326 e. The number of rotatable bonds is 6. The molecule has 0 aliphatic carbocycles. The van der Waals surface area contributed by atoms with Crippen LogP contribution in [0.1, 0.15) is 16.7 Å². The minimum atomic E-state index is -1.10. The summed E-state index contributed by atoms with van der Waals surface area (Å²) in [6, 6.07) is 15.3. The fourth-order valence-corrected chi connectivity index (χ4v) is 2.78. The number of H-pyrrole nitrogens is 1. The summed E-state index contributed by atoms with van der Waals surface area (Å²) in [6.07, 6.45) is 4.79. The maximum absolute atomic E-state index is 12.1. The SMILES string of the molecule is N#Cc1ccc(C=CC(=O)N[C@@H](Cc2c[nH]c3ccccc23)C(=O)O)cc1. The fraction of sp³-hybridized carbons (Fsp3) is 0.0952. The van der Waals surface area contributed by atoms with E-state index in [2.05, 4.69) is 10.3 Å². The lowest BCUT2D eigenvalue weighted by molar-refractivity contribution is -0.141. The number of benzene rings is 2. The van der Waals surface area contributed by atoms with Gasteiger partial charge < -0.3 is 15.4 Å². The highest BCUT2D eigenvalue weighted by Crippen LogP contribution is 2.19. The second-order valence-electron chi connectivity index (χ2n) is 6.03. The summed E-state index contributed by atoms with van der Waals surface area (Å²) in [5.41, 5.74) is 3.02. The van der Waals surface area contributed by atoms with Crippen molar-refractivity contribution in [2.45, 2.75) is 12.5 Å². The lowest BCUT2D eigenvalue weighted by Crippen LogP contribution is -2.41. The van der Waals surface area contributed by atoms with Crippen molar-refractivity contribution in [2.75, 3.05) is 0 Å². The van der Waals surface area contributed by atoms with E-state index in [0.29, 0.717) is 5.56 Å². The van der Waals surface area contributed by atoms with Gasteiger partial charge in [-0.3, -0.25) is 4.79 Å². The predicted molar refractivity (Wildman–Crippen MR) is 102 cm³/mol. The number of carbonyl (C=O) groups is 2. The highest BCUT2D eigenvalue weighted by atomic mass is 16.4. The number of amides is 1. The van der Waals surface area contributed by atoms with Crippen LogP contribution in [0.3, 0.4) is 0 Å². The third-order valence-electron chi connectivity index (χ3n) is 4.18. The van der Waals surface area contributed by atoms with E-state index in [0.717, 1.165) is 22.0 Å².